The Kier molecular flexibility index (Phi) is 6.44. The molecule has 172 valence electrons. The van der Waals surface area contributed by atoms with Crippen LogP contribution in [0.15, 0.2) is 18.2 Å². The van der Waals surface area contributed by atoms with E-state index in [1.165, 1.54) is 21.9 Å². The molecule has 0 aliphatic carbocycles. The largest absolute Gasteiger partial charge is 0.401 e. The Morgan fingerprint density at radius 3 is 2.61 bits per heavy atom. The second kappa shape index (κ2) is 8.46. The number of benzene rings is 1. The minimum absolute atomic E-state index is 0.115. The summed E-state index contributed by atoms with van der Waals surface area (Å²) in [5.41, 5.74) is 4.65. The standard InChI is InChI=1S/C20H25ClF4N4O2/c1-11-5-12(8-28-9-16(17(26)30)27-18(28)31)7-19(2,29(11)10-20(23,24)25)13-3-4-15(22)14(21)6-13/h3-4,6,11-12,16H,5,7-10H2,1-2H3,(H2,26,30)(H,27,31)/t11-,12-,16-,19-/m0/s1. The fourth-order valence-corrected chi connectivity index (χ4v) is 5.04. The average molecular weight is 465 g/mol. The lowest BCUT2D eigenvalue weighted by molar-refractivity contribution is -0.175. The summed E-state index contributed by atoms with van der Waals surface area (Å²) in [5.74, 6) is -1.44. The molecule has 2 fully saturated rings. The molecule has 1 aromatic rings. The van der Waals surface area contributed by atoms with Crippen molar-refractivity contribution in [3.63, 3.8) is 0 Å². The molecule has 3 amide bonds. The number of nitrogens with zero attached hydrogens (tertiary/aromatic N) is 2. The van der Waals surface area contributed by atoms with Crippen LogP contribution in [0.2, 0.25) is 5.02 Å². The number of amides is 3. The van der Waals surface area contributed by atoms with E-state index in [-0.39, 0.29) is 24.0 Å². The maximum atomic E-state index is 13.7. The summed E-state index contributed by atoms with van der Waals surface area (Å²) in [6.45, 7) is 2.65. The van der Waals surface area contributed by atoms with Crippen LogP contribution in [-0.2, 0) is 10.3 Å². The summed E-state index contributed by atoms with van der Waals surface area (Å²) < 4.78 is 53.8. The molecule has 0 unspecified atom stereocenters. The molecule has 3 N–H and O–H groups in total. The first-order valence-corrected chi connectivity index (χ1v) is 10.3. The number of rotatable bonds is 5. The van der Waals surface area contributed by atoms with Gasteiger partial charge < -0.3 is 16.0 Å². The van der Waals surface area contributed by atoms with Gasteiger partial charge in [0, 0.05) is 18.1 Å². The molecule has 0 bridgehead atoms. The van der Waals surface area contributed by atoms with Gasteiger partial charge in [0.2, 0.25) is 5.91 Å². The van der Waals surface area contributed by atoms with Crippen LogP contribution in [-0.4, -0.2) is 59.6 Å². The van der Waals surface area contributed by atoms with E-state index in [1.54, 1.807) is 13.8 Å². The predicted molar refractivity (Wildman–Crippen MR) is 107 cm³/mol. The molecule has 1 aromatic carbocycles. The number of urea groups is 1. The molecule has 2 heterocycles. The van der Waals surface area contributed by atoms with Gasteiger partial charge in [0.05, 0.1) is 18.1 Å². The smallest absolute Gasteiger partial charge is 0.368 e. The molecule has 0 radical (unpaired) electrons. The number of primary amides is 1. The highest BCUT2D eigenvalue weighted by Crippen LogP contribution is 2.45. The van der Waals surface area contributed by atoms with Crippen molar-refractivity contribution < 1.29 is 27.2 Å². The number of carbonyl (C=O) groups is 2. The van der Waals surface area contributed by atoms with Crippen molar-refractivity contribution >= 4 is 23.5 Å². The highest BCUT2D eigenvalue weighted by molar-refractivity contribution is 6.30. The number of hydrogen-bond acceptors (Lipinski definition) is 3. The number of carbonyl (C=O) groups excluding carboxylic acids is 2. The molecule has 2 aliphatic rings. The number of nitrogens with two attached hydrogens (primary N) is 1. The quantitative estimate of drug-likeness (QED) is 0.657. The van der Waals surface area contributed by atoms with E-state index in [0.717, 1.165) is 6.07 Å². The third kappa shape index (κ3) is 5.06. The van der Waals surface area contributed by atoms with Crippen LogP contribution >= 0.6 is 11.6 Å². The van der Waals surface area contributed by atoms with Gasteiger partial charge in [0.15, 0.2) is 0 Å². The van der Waals surface area contributed by atoms with E-state index in [9.17, 15) is 27.2 Å². The highest BCUT2D eigenvalue weighted by Gasteiger charge is 2.48. The Balaban J connectivity index is 1.89. The normalized spacial score (nSPS) is 29.8. The monoisotopic (exact) mass is 464 g/mol. The van der Waals surface area contributed by atoms with Gasteiger partial charge in [-0.1, -0.05) is 17.7 Å². The van der Waals surface area contributed by atoms with E-state index < -0.39 is 48.1 Å². The fourth-order valence-electron chi connectivity index (χ4n) is 4.86. The van der Waals surface area contributed by atoms with Gasteiger partial charge in [-0.05, 0) is 50.3 Å². The van der Waals surface area contributed by atoms with Gasteiger partial charge in [-0.15, -0.1) is 0 Å². The SMILES string of the molecule is C[C@H]1C[C@H](CN2C[C@@H](C(N)=O)NC2=O)C[C@@](C)(c2ccc(F)c(Cl)c2)N1CC(F)(F)F. The van der Waals surface area contributed by atoms with Crippen LogP contribution in [0.5, 0.6) is 0 Å². The van der Waals surface area contributed by atoms with E-state index in [1.807, 2.05) is 0 Å². The molecule has 0 spiro atoms. The fraction of sp³-hybridized carbons (Fsp3) is 0.600. The number of hydrogen-bond donors (Lipinski definition) is 2. The third-order valence-electron chi connectivity index (χ3n) is 6.23. The van der Waals surface area contributed by atoms with Gasteiger partial charge in [0.25, 0.3) is 0 Å². The molecule has 2 saturated heterocycles. The van der Waals surface area contributed by atoms with Crippen molar-refractivity contribution in [2.24, 2.45) is 11.7 Å². The lowest BCUT2D eigenvalue weighted by atomic mass is 9.74. The topological polar surface area (TPSA) is 78.7 Å². The zero-order valence-corrected chi connectivity index (χ0v) is 17.9. The molecule has 6 nitrogen and oxygen atoms in total. The van der Waals surface area contributed by atoms with Crippen LogP contribution in [0, 0.1) is 11.7 Å². The number of likely N-dealkylation sites (tertiary alicyclic amines) is 1. The predicted octanol–water partition coefficient (Wildman–Crippen LogP) is 3.24. The Labute approximate surface area is 182 Å². The summed E-state index contributed by atoms with van der Waals surface area (Å²) >= 11 is 5.93. The second-order valence-corrected chi connectivity index (χ2v) is 9.02. The van der Waals surface area contributed by atoms with Gasteiger partial charge >= 0.3 is 12.2 Å². The van der Waals surface area contributed by atoms with Crippen LogP contribution in [0.25, 0.3) is 0 Å². The Morgan fingerprint density at radius 1 is 1.39 bits per heavy atom. The second-order valence-electron chi connectivity index (χ2n) is 8.61. The molecular weight excluding hydrogens is 440 g/mol. The molecule has 0 saturated carbocycles. The molecule has 11 heteroatoms. The zero-order chi connectivity index (χ0) is 23.1. The van der Waals surface area contributed by atoms with Gasteiger partial charge in [-0.25, -0.2) is 9.18 Å². The van der Waals surface area contributed by atoms with Crippen LogP contribution in [0.4, 0.5) is 22.4 Å². The highest BCUT2D eigenvalue weighted by atomic mass is 35.5. The zero-order valence-electron chi connectivity index (χ0n) is 17.2. The molecular formula is C20H25ClF4N4O2. The number of nitrogens with one attached hydrogen (secondary N) is 1. The average Bonchev–Trinajstić information content (AvgIpc) is 3.01. The molecule has 31 heavy (non-hydrogen) atoms. The maximum absolute atomic E-state index is 13.7. The summed E-state index contributed by atoms with van der Waals surface area (Å²) in [5, 5.41) is 2.34. The number of halogens is 5. The number of piperidine rings is 1. The van der Waals surface area contributed by atoms with Crippen molar-refractivity contribution in [2.45, 2.75) is 50.5 Å². The molecule has 0 aromatic heterocycles. The summed E-state index contributed by atoms with van der Waals surface area (Å²) in [6.07, 6.45) is -3.71. The lowest BCUT2D eigenvalue weighted by Gasteiger charge is -2.52. The Morgan fingerprint density at radius 2 is 2.06 bits per heavy atom. The Hall–Kier alpha value is -2.07. The van der Waals surface area contributed by atoms with Gasteiger partial charge in [-0.3, -0.25) is 9.69 Å². The minimum atomic E-state index is -4.42. The first kappa shape index (κ1) is 23.6. The maximum Gasteiger partial charge on any atom is 0.401 e. The Bertz CT molecular complexity index is 868. The first-order chi connectivity index (χ1) is 14.3. The van der Waals surface area contributed by atoms with E-state index >= 15 is 0 Å². The summed E-state index contributed by atoms with van der Waals surface area (Å²) in [6, 6.07) is 2.27. The first-order valence-electron chi connectivity index (χ1n) is 9.94. The van der Waals surface area contributed by atoms with Crippen LogP contribution < -0.4 is 11.1 Å². The van der Waals surface area contributed by atoms with Crippen molar-refractivity contribution in [2.75, 3.05) is 19.6 Å². The summed E-state index contributed by atoms with van der Waals surface area (Å²) in [7, 11) is 0. The molecule has 3 rings (SSSR count). The summed E-state index contributed by atoms with van der Waals surface area (Å²) in [4.78, 5) is 26.4. The van der Waals surface area contributed by atoms with Crippen molar-refractivity contribution in [3.8, 4) is 0 Å². The van der Waals surface area contributed by atoms with Crippen molar-refractivity contribution in [1.29, 1.82) is 0 Å². The van der Waals surface area contributed by atoms with Crippen molar-refractivity contribution in [1.82, 2.24) is 15.1 Å². The lowest BCUT2D eigenvalue weighted by Crippen LogP contribution is -2.58. The number of alkyl halides is 3. The van der Waals surface area contributed by atoms with E-state index in [0.29, 0.717) is 18.4 Å². The van der Waals surface area contributed by atoms with Crippen LogP contribution in [0.1, 0.15) is 32.3 Å². The van der Waals surface area contributed by atoms with Crippen LogP contribution in [0.3, 0.4) is 0 Å². The van der Waals surface area contributed by atoms with E-state index in [2.05, 4.69) is 5.32 Å². The van der Waals surface area contributed by atoms with Gasteiger partial charge in [0.1, 0.15) is 11.9 Å². The van der Waals surface area contributed by atoms with Gasteiger partial charge in [-0.2, -0.15) is 13.2 Å². The molecule has 4 atom stereocenters. The van der Waals surface area contributed by atoms with E-state index in [4.69, 9.17) is 17.3 Å². The van der Waals surface area contributed by atoms with Crippen molar-refractivity contribution in [3.05, 3.63) is 34.6 Å². The molecule has 2 aliphatic heterocycles. The third-order valence-corrected chi connectivity index (χ3v) is 6.52. The minimum Gasteiger partial charge on any atom is -0.368 e.